The van der Waals surface area contributed by atoms with Gasteiger partial charge in [0, 0.05) is 24.4 Å². The number of hydrogen-bond acceptors (Lipinski definition) is 4. The topological polar surface area (TPSA) is 93.1 Å². The second-order valence-electron chi connectivity index (χ2n) is 8.40. The summed E-state index contributed by atoms with van der Waals surface area (Å²) in [5.41, 5.74) is 1.62. The van der Waals surface area contributed by atoms with Gasteiger partial charge in [0.25, 0.3) is 0 Å². The SMILES string of the molecule is C[C@@H](NC(=O)[C@H]1CC[C@H](NS(=O)(=O)c2ccc(-n3cccn3)cc2)CC1)c1ccc(F)cc1. The molecule has 0 spiro atoms. The van der Waals surface area contributed by atoms with Gasteiger partial charge in [-0.2, -0.15) is 5.10 Å². The summed E-state index contributed by atoms with van der Waals surface area (Å²) in [5, 5.41) is 7.12. The van der Waals surface area contributed by atoms with Crippen molar-refractivity contribution in [1.82, 2.24) is 19.8 Å². The van der Waals surface area contributed by atoms with E-state index in [9.17, 15) is 17.6 Å². The van der Waals surface area contributed by atoms with Crippen LogP contribution in [0.25, 0.3) is 5.69 Å². The monoisotopic (exact) mass is 470 g/mol. The molecule has 9 heteroatoms. The smallest absolute Gasteiger partial charge is 0.240 e. The Bertz CT molecular complexity index is 1170. The number of rotatable bonds is 7. The second kappa shape index (κ2) is 9.84. The fourth-order valence-electron chi connectivity index (χ4n) is 4.13. The van der Waals surface area contributed by atoms with Gasteiger partial charge in [-0.1, -0.05) is 12.1 Å². The van der Waals surface area contributed by atoms with Gasteiger partial charge in [-0.15, -0.1) is 0 Å². The largest absolute Gasteiger partial charge is 0.349 e. The van der Waals surface area contributed by atoms with Crippen LogP contribution < -0.4 is 10.0 Å². The summed E-state index contributed by atoms with van der Waals surface area (Å²) in [6, 6.07) is 14.0. The molecule has 1 fully saturated rings. The molecule has 1 atom stereocenters. The minimum absolute atomic E-state index is 0.0534. The molecule has 0 bridgehead atoms. The second-order valence-corrected chi connectivity index (χ2v) is 10.1. The minimum atomic E-state index is -3.65. The molecule has 2 aromatic carbocycles. The van der Waals surface area contributed by atoms with Crippen LogP contribution in [0.15, 0.2) is 71.9 Å². The van der Waals surface area contributed by atoms with Crippen molar-refractivity contribution in [2.24, 2.45) is 5.92 Å². The number of nitrogens with zero attached hydrogens (tertiary/aromatic N) is 2. The molecule has 1 aliphatic rings. The van der Waals surface area contributed by atoms with E-state index in [1.807, 2.05) is 6.92 Å². The average molecular weight is 471 g/mol. The molecule has 0 saturated heterocycles. The lowest BCUT2D eigenvalue weighted by Gasteiger charge is -2.29. The quantitative estimate of drug-likeness (QED) is 0.550. The van der Waals surface area contributed by atoms with Gasteiger partial charge < -0.3 is 5.32 Å². The Balaban J connectivity index is 1.29. The van der Waals surface area contributed by atoms with Crippen molar-refractivity contribution < 1.29 is 17.6 Å². The van der Waals surface area contributed by atoms with Crippen LogP contribution in [0.3, 0.4) is 0 Å². The summed E-state index contributed by atoms with van der Waals surface area (Å²) in [6.45, 7) is 1.86. The molecule has 4 rings (SSSR count). The van der Waals surface area contributed by atoms with Crippen molar-refractivity contribution >= 4 is 15.9 Å². The lowest BCUT2D eigenvalue weighted by atomic mass is 9.85. The molecular weight excluding hydrogens is 443 g/mol. The predicted molar refractivity (Wildman–Crippen MR) is 123 cm³/mol. The molecule has 0 radical (unpaired) electrons. The number of carbonyl (C=O) groups is 1. The standard InChI is InChI=1S/C24H27FN4O3S/c1-17(18-3-7-20(25)8-4-18)27-24(30)19-5-9-21(10-6-19)28-33(31,32)23-13-11-22(12-14-23)29-16-2-15-26-29/h2-4,7-8,11-17,19,21,28H,5-6,9-10H2,1H3,(H,27,30)/t17-,19-,21-/m1/s1. The molecule has 1 amide bonds. The van der Waals surface area contributed by atoms with E-state index in [0.717, 1.165) is 11.3 Å². The van der Waals surface area contributed by atoms with Crippen molar-refractivity contribution in [3.63, 3.8) is 0 Å². The van der Waals surface area contributed by atoms with Gasteiger partial charge in [0.15, 0.2) is 0 Å². The first-order valence-electron chi connectivity index (χ1n) is 11.0. The molecule has 0 aliphatic heterocycles. The van der Waals surface area contributed by atoms with Crippen molar-refractivity contribution in [1.29, 1.82) is 0 Å². The van der Waals surface area contributed by atoms with E-state index < -0.39 is 10.0 Å². The van der Waals surface area contributed by atoms with Crippen LogP contribution in [0.2, 0.25) is 0 Å². The Morgan fingerprint density at radius 2 is 1.73 bits per heavy atom. The predicted octanol–water partition coefficient (Wildman–Crippen LogP) is 3.73. The number of amides is 1. The first-order chi connectivity index (χ1) is 15.8. The average Bonchev–Trinajstić information content (AvgIpc) is 3.35. The maximum Gasteiger partial charge on any atom is 0.240 e. The Labute approximate surface area is 193 Å². The van der Waals surface area contributed by atoms with E-state index in [4.69, 9.17) is 0 Å². The summed E-state index contributed by atoms with van der Waals surface area (Å²) < 4.78 is 43.1. The maximum atomic E-state index is 13.1. The zero-order valence-corrected chi connectivity index (χ0v) is 19.1. The molecule has 3 aromatic rings. The van der Waals surface area contributed by atoms with Crippen LogP contribution in [-0.4, -0.2) is 30.1 Å². The Morgan fingerprint density at radius 3 is 2.33 bits per heavy atom. The number of carbonyl (C=O) groups excluding carboxylic acids is 1. The van der Waals surface area contributed by atoms with E-state index in [-0.39, 0.29) is 34.6 Å². The third kappa shape index (κ3) is 5.66. The van der Waals surface area contributed by atoms with Crippen LogP contribution in [-0.2, 0) is 14.8 Å². The van der Waals surface area contributed by atoms with E-state index in [1.165, 1.54) is 12.1 Å². The van der Waals surface area contributed by atoms with Gasteiger partial charge in [0.1, 0.15) is 5.82 Å². The highest BCUT2D eigenvalue weighted by atomic mass is 32.2. The maximum absolute atomic E-state index is 13.1. The van der Waals surface area contributed by atoms with Crippen LogP contribution in [0.4, 0.5) is 4.39 Å². The highest BCUT2D eigenvalue weighted by molar-refractivity contribution is 7.89. The van der Waals surface area contributed by atoms with Crippen molar-refractivity contribution in [2.45, 2.75) is 49.6 Å². The number of benzene rings is 2. The first kappa shape index (κ1) is 23.1. The Morgan fingerprint density at radius 1 is 1.06 bits per heavy atom. The lowest BCUT2D eigenvalue weighted by Crippen LogP contribution is -2.41. The molecule has 1 saturated carbocycles. The summed E-state index contributed by atoms with van der Waals surface area (Å²) in [4.78, 5) is 12.9. The molecular formula is C24H27FN4O3S. The molecule has 2 N–H and O–H groups in total. The zero-order chi connectivity index (χ0) is 23.4. The van der Waals surface area contributed by atoms with E-state index in [0.29, 0.717) is 25.7 Å². The number of aromatic nitrogens is 2. The van der Waals surface area contributed by atoms with Gasteiger partial charge in [-0.05, 0) is 80.6 Å². The van der Waals surface area contributed by atoms with E-state index >= 15 is 0 Å². The van der Waals surface area contributed by atoms with Crippen LogP contribution in [0.5, 0.6) is 0 Å². The van der Waals surface area contributed by atoms with E-state index in [1.54, 1.807) is 59.5 Å². The molecule has 1 aliphatic carbocycles. The van der Waals surface area contributed by atoms with Gasteiger partial charge in [0.2, 0.25) is 15.9 Å². The van der Waals surface area contributed by atoms with Crippen LogP contribution in [0.1, 0.15) is 44.2 Å². The normalized spacial score (nSPS) is 19.7. The third-order valence-electron chi connectivity index (χ3n) is 6.06. The van der Waals surface area contributed by atoms with Gasteiger partial charge in [-0.25, -0.2) is 22.2 Å². The highest BCUT2D eigenvalue weighted by Crippen LogP contribution is 2.27. The minimum Gasteiger partial charge on any atom is -0.349 e. The highest BCUT2D eigenvalue weighted by Gasteiger charge is 2.29. The number of halogens is 1. The molecule has 7 nitrogen and oxygen atoms in total. The lowest BCUT2D eigenvalue weighted by molar-refractivity contribution is -0.126. The first-order valence-corrected chi connectivity index (χ1v) is 12.5. The van der Waals surface area contributed by atoms with Gasteiger partial charge in [0.05, 0.1) is 16.6 Å². The fraction of sp³-hybridized carbons (Fsp3) is 0.333. The third-order valence-corrected chi connectivity index (χ3v) is 7.60. The zero-order valence-electron chi connectivity index (χ0n) is 18.3. The van der Waals surface area contributed by atoms with Crippen molar-refractivity contribution in [2.75, 3.05) is 0 Å². The number of sulfonamides is 1. The molecule has 0 unspecified atom stereocenters. The number of nitrogens with one attached hydrogen (secondary N) is 2. The molecule has 33 heavy (non-hydrogen) atoms. The summed E-state index contributed by atoms with van der Waals surface area (Å²) in [7, 11) is -3.65. The number of hydrogen-bond donors (Lipinski definition) is 2. The fourth-order valence-corrected chi connectivity index (χ4v) is 5.43. The van der Waals surface area contributed by atoms with Crippen LogP contribution in [0, 0.1) is 11.7 Å². The van der Waals surface area contributed by atoms with Crippen molar-refractivity contribution in [3.05, 3.63) is 78.4 Å². The summed E-state index contributed by atoms with van der Waals surface area (Å²) in [5.74, 6) is -0.531. The Hall–Kier alpha value is -3.04. The van der Waals surface area contributed by atoms with Gasteiger partial charge >= 0.3 is 0 Å². The molecule has 1 heterocycles. The molecule has 174 valence electrons. The van der Waals surface area contributed by atoms with Crippen LogP contribution >= 0.6 is 0 Å². The van der Waals surface area contributed by atoms with Gasteiger partial charge in [-0.3, -0.25) is 4.79 Å². The summed E-state index contributed by atoms with van der Waals surface area (Å²) >= 11 is 0. The van der Waals surface area contributed by atoms with Crippen molar-refractivity contribution in [3.8, 4) is 5.69 Å². The van der Waals surface area contributed by atoms with E-state index in [2.05, 4.69) is 15.1 Å². The Kier molecular flexibility index (Phi) is 6.90. The molecule has 1 aromatic heterocycles. The summed E-state index contributed by atoms with van der Waals surface area (Å²) in [6.07, 6.45) is 5.84.